The van der Waals surface area contributed by atoms with Gasteiger partial charge in [-0.3, -0.25) is 0 Å². The second-order valence-corrected chi connectivity index (χ2v) is 5.36. The van der Waals surface area contributed by atoms with Crippen molar-refractivity contribution >= 4 is 22.6 Å². The summed E-state index contributed by atoms with van der Waals surface area (Å²) >= 11 is 5.96. The molecule has 0 spiro atoms. The van der Waals surface area contributed by atoms with E-state index < -0.39 is 0 Å². The summed E-state index contributed by atoms with van der Waals surface area (Å²) in [5.41, 5.74) is 7.03. The van der Waals surface area contributed by atoms with Crippen molar-refractivity contribution in [3.63, 3.8) is 0 Å². The molecule has 1 aromatic heterocycles. The Labute approximate surface area is 111 Å². The lowest BCUT2D eigenvalue weighted by molar-refractivity contribution is 0.0362. The van der Waals surface area contributed by atoms with Crippen LogP contribution in [0.25, 0.3) is 11.0 Å². The molecule has 1 saturated heterocycles. The second-order valence-electron chi connectivity index (χ2n) is 4.92. The average molecular weight is 266 g/mol. The lowest BCUT2D eigenvalue weighted by Gasteiger charge is -2.16. The van der Waals surface area contributed by atoms with Gasteiger partial charge >= 0.3 is 0 Å². The van der Waals surface area contributed by atoms with E-state index in [9.17, 15) is 0 Å². The van der Waals surface area contributed by atoms with Crippen LogP contribution in [0.5, 0.6) is 0 Å². The highest BCUT2D eigenvalue weighted by Crippen LogP contribution is 2.32. The van der Waals surface area contributed by atoms with Gasteiger partial charge in [-0.1, -0.05) is 11.6 Å². The van der Waals surface area contributed by atoms with E-state index in [1.165, 1.54) is 0 Å². The molecule has 0 amide bonds. The molecule has 3 unspecified atom stereocenters. The second kappa shape index (κ2) is 4.57. The van der Waals surface area contributed by atoms with Crippen LogP contribution in [0.2, 0.25) is 5.02 Å². The zero-order valence-corrected chi connectivity index (χ0v) is 11.0. The highest BCUT2D eigenvalue weighted by molar-refractivity contribution is 6.31. The lowest BCUT2D eigenvalue weighted by Crippen LogP contribution is -2.25. The molecule has 3 rings (SSSR count). The van der Waals surface area contributed by atoms with Crippen LogP contribution in [0.4, 0.5) is 0 Å². The fraction of sp³-hybridized carbons (Fsp3) is 0.429. The topological polar surface area (TPSA) is 48.4 Å². The molecule has 1 fully saturated rings. The third-order valence-electron chi connectivity index (χ3n) is 3.49. The van der Waals surface area contributed by atoms with Crippen LogP contribution in [0, 0.1) is 0 Å². The van der Waals surface area contributed by atoms with Gasteiger partial charge < -0.3 is 14.9 Å². The summed E-state index contributed by atoms with van der Waals surface area (Å²) in [6, 6.07) is 7.32. The zero-order chi connectivity index (χ0) is 12.7. The number of nitrogens with two attached hydrogens (primary N) is 1. The van der Waals surface area contributed by atoms with Crippen molar-refractivity contribution in [3.8, 4) is 0 Å². The molecule has 2 N–H and O–H groups in total. The number of hydrogen-bond acceptors (Lipinski definition) is 3. The maximum Gasteiger partial charge on any atom is 0.134 e. The summed E-state index contributed by atoms with van der Waals surface area (Å²) in [7, 11) is 0. The minimum Gasteiger partial charge on any atom is -0.459 e. The van der Waals surface area contributed by atoms with E-state index in [1.54, 1.807) is 0 Å². The minimum absolute atomic E-state index is 0.0519. The monoisotopic (exact) mass is 265 g/mol. The number of ether oxygens (including phenoxy) is 1. The van der Waals surface area contributed by atoms with E-state index in [0.717, 1.165) is 29.6 Å². The minimum atomic E-state index is -0.207. The first-order valence-corrected chi connectivity index (χ1v) is 6.61. The molecule has 96 valence electrons. The van der Waals surface area contributed by atoms with Crippen LogP contribution in [-0.4, -0.2) is 12.2 Å². The Hall–Kier alpha value is -1.03. The van der Waals surface area contributed by atoms with E-state index in [1.807, 2.05) is 24.3 Å². The molecule has 0 saturated carbocycles. The van der Waals surface area contributed by atoms with E-state index in [-0.39, 0.29) is 12.1 Å². The van der Waals surface area contributed by atoms with Crippen LogP contribution >= 0.6 is 11.6 Å². The Morgan fingerprint density at radius 3 is 2.89 bits per heavy atom. The number of furan rings is 1. The molecular formula is C14H16ClNO2. The first kappa shape index (κ1) is 12.0. The number of halogens is 1. The molecule has 0 radical (unpaired) electrons. The predicted molar refractivity (Wildman–Crippen MR) is 71.7 cm³/mol. The Bertz CT molecular complexity index is 566. The summed E-state index contributed by atoms with van der Waals surface area (Å²) in [6.07, 6.45) is 2.39. The van der Waals surface area contributed by atoms with Crippen molar-refractivity contribution in [3.05, 3.63) is 35.0 Å². The molecule has 18 heavy (non-hydrogen) atoms. The van der Waals surface area contributed by atoms with Gasteiger partial charge in [-0.25, -0.2) is 0 Å². The number of fused-ring (bicyclic) bond motifs is 1. The molecule has 3 atom stereocenters. The summed E-state index contributed by atoms with van der Waals surface area (Å²) in [5, 5.41) is 1.69. The number of rotatable bonds is 2. The van der Waals surface area contributed by atoms with Gasteiger partial charge in [-0.15, -0.1) is 0 Å². The van der Waals surface area contributed by atoms with Crippen molar-refractivity contribution in [2.75, 3.05) is 0 Å². The van der Waals surface area contributed by atoms with Crippen LogP contribution in [0.3, 0.4) is 0 Å². The molecule has 3 nitrogen and oxygen atoms in total. The molecule has 2 heterocycles. The van der Waals surface area contributed by atoms with Crippen molar-refractivity contribution in [1.82, 2.24) is 0 Å². The summed E-state index contributed by atoms with van der Waals surface area (Å²) in [5.74, 6) is 0.770. The molecule has 0 bridgehead atoms. The average Bonchev–Trinajstić information content (AvgIpc) is 2.93. The molecule has 4 heteroatoms. The first-order chi connectivity index (χ1) is 8.63. The maximum atomic E-state index is 6.21. The standard InChI is InChI=1S/C14H16ClNO2/c1-8-2-4-12(17-8)14(16)13-7-9-6-10(15)3-5-11(9)18-13/h3,5-8,12,14H,2,4,16H2,1H3. The number of benzene rings is 1. The van der Waals surface area contributed by atoms with Gasteiger partial charge in [0, 0.05) is 10.4 Å². The molecular weight excluding hydrogens is 250 g/mol. The fourth-order valence-corrected chi connectivity index (χ4v) is 2.66. The van der Waals surface area contributed by atoms with Gasteiger partial charge in [0.1, 0.15) is 11.3 Å². The van der Waals surface area contributed by atoms with Gasteiger partial charge in [-0.2, -0.15) is 0 Å². The molecule has 2 aromatic rings. The predicted octanol–water partition coefficient (Wildman–Crippen LogP) is 3.65. The largest absolute Gasteiger partial charge is 0.459 e. The van der Waals surface area contributed by atoms with E-state index in [4.69, 9.17) is 26.5 Å². The van der Waals surface area contributed by atoms with Crippen LogP contribution in [-0.2, 0) is 4.74 Å². The molecule has 1 aromatic carbocycles. The maximum absolute atomic E-state index is 6.21. The highest BCUT2D eigenvalue weighted by Gasteiger charge is 2.30. The van der Waals surface area contributed by atoms with Gasteiger partial charge in [0.15, 0.2) is 0 Å². The Balaban J connectivity index is 1.89. The van der Waals surface area contributed by atoms with Crippen molar-refractivity contribution < 1.29 is 9.15 Å². The van der Waals surface area contributed by atoms with Crippen LogP contribution < -0.4 is 5.73 Å². The normalized spacial score (nSPS) is 25.7. The Morgan fingerprint density at radius 2 is 2.17 bits per heavy atom. The zero-order valence-electron chi connectivity index (χ0n) is 10.2. The van der Waals surface area contributed by atoms with E-state index in [2.05, 4.69) is 6.92 Å². The molecule has 0 aliphatic carbocycles. The molecule has 1 aliphatic rings. The fourth-order valence-electron chi connectivity index (χ4n) is 2.48. The van der Waals surface area contributed by atoms with Crippen LogP contribution in [0.1, 0.15) is 31.6 Å². The third-order valence-corrected chi connectivity index (χ3v) is 3.73. The van der Waals surface area contributed by atoms with Crippen molar-refractivity contribution in [1.29, 1.82) is 0 Å². The quantitative estimate of drug-likeness (QED) is 0.902. The van der Waals surface area contributed by atoms with E-state index in [0.29, 0.717) is 11.1 Å². The highest BCUT2D eigenvalue weighted by atomic mass is 35.5. The van der Waals surface area contributed by atoms with Gasteiger partial charge in [-0.05, 0) is 44.0 Å². The van der Waals surface area contributed by atoms with Gasteiger partial charge in [0.25, 0.3) is 0 Å². The number of hydrogen-bond donors (Lipinski definition) is 1. The van der Waals surface area contributed by atoms with Gasteiger partial charge in [0.2, 0.25) is 0 Å². The Kier molecular flexibility index (Phi) is 3.06. The lowest BCUT2D eigenvalue weighted by atomic mass is 10.1. The van der Waals surface area contributed by atoms with E-state index >= 15 is 0 Å². The SMILES string of the molecule is CC1CCC(C(N)c2cc3cc(Cl)ccc3o2)O1. The summed E-state index contributed by atoms with van der Waals surface area (Å²) < 4.78 is 11.6. The third kappa shape index (κ3) is 2.14. The van der Waals surface area contributed by atoms with Crippen molar-refractivity contribution in [2.24, 2.45) is 5.73 Å². The van der Waals surface area contributed by atoms with Gasteiger partial charge in [0.05, 0.1) is 18.2 Å². The smallest absolute Gasteiger partial charge is 0.134 e. The van der Waals surface area contributed by atoms with Crippen LogP contribution in [0.15, 0.2) is 28.7 Å². The first-order valence-electron chi connectivity index (χ1n) is 6.23. The summed E-state index contributed by atoms with van der Waals surface area (Å²) in [6.45, 7) is 2.07. The molecule has 1 aliphatic heterocycles. The summed E-state index contributed by atoms with van der Waals surface area (Å²) in [4.78, 5) is 0. The van der Waals surface area contributed by atoms with Crippen molar-refractivity contribution in [2.45, 2.75) is 38.0 Å². The Morgan fingerprint density at radius 1 is 1.33 bits per heavy atom.